The van der Waals surface area contributed by atoms with Gasteiger partial charge in [0, 0.05) is 5.41 Å². The van der Waals surface area contributed by atoms with Crippen molar-refractivity contribution in [3.63, 3.8) is 0 Å². The smallest absolute Gasteiger partial charge is 0.187 e. The van der Waals surface area contributed by atoms with Crippen molar-refractivity contribution in [3.05, 3.63) is 11.6 Å². The van der Waals surface area contributed by atoms with Crippen molar-refractivity contribution in [3.8, 4) is 0 Å². The van der Waals surface area contributed by atoms with Gasteiger partial charge in [-0.05, 0) is 98.7 Å². The maximum Gasteiger partial charge on any atom is 0.187 e. The lowest BCUT2D eigenvalue weighted by Crippen LogP contribution is -2.62. The summed E-state index contributed by atoms with van der Waals surface area (Å²) in [5.74, 6) is 0.674. The highest BCUT2D eigenvalue weighted by Gasteiger charge is 2.68. The van der Waals surface area contributed by atoms with Crippen molar-refractivity contribution in [1.29, 1.82) is 0 Å². The van der Waals surface area contributed by atoms with Crippen LogP contribution >= 0.6 is 0 Å². The van der Waals surface area contributed by atoms with E-state index in [1.807, 2.05) is 6.92 Å². The minimum atomic E-state index is -1.53. The Balaban J connectivity index is 1.36. The lowest BCUT2D eigenvalue weighted by atomic mass is 9.39. The molecule has 0 aromatic heterocycles. The van der Waals surface area contributed by atoms with Gasteiger partial charge in [0.15, 0.2) is 6.29 Å². The third-order valence-electron chi connectivity index (χ3n) is 14.6. The summed E-state index contributed by atoms with van der Waals surface area (Å²) in [5, 5.41) is 83.9. The van der Waals surface area contributed by atoms with Crippen LogP contribution in [-0.4, -0.2) is 108 Å². The van der Waals surface area contributed by atoms with E-state index in [0.717, 1.165) is 44.9 Å². The van der Waals surface area contributed by atoms with Crippen LogP contribution in [0, 0.1) is 45.3 Å². The van der Waals surface area contributed by atoms with Crippen molar-refractivity contribution in [2.24, 2.45) is 45.3 Å². The highest BCUT2D eigenvalue weighted by atomic mass is 16.7. The molecule has 7 unspecified atom stereocenters. The molecule has 266 valence electrons. The predicted octanol–water partition coefficient (Wildman–Crippen LogP) is 2.27. The fourth-order valence-electron chi connectivity index (χ4n) is 11.3. The van der Waals surface area contributed by atoms with Crippen molar-refractivity contribution in [2.75, 3.05) is 6.61 Å². The molecule has 1 heterocycles. The maximum atomic E-state index is 11.3. The number of aliphatic hydroxyl groups excluding tert-OH is 7. The molecule has 0 aromatic rings. The average Bonchev–Trinajstić information content (AvgIpc) is 3.27. The van der Waals surface area contributed by atoms with Gasteiger partial charge in [-0.25, -0.2) is 0 Å². The Hall–Kier alpha value is -0.660. The average molecular weight is 655 g/mol. The van der Waals surface area contributed by atoms with Gasteiger partial charge in [-0.3, -0.25) is 0 Å². The molecule has 4 fully saturated rings. The van der Waals surface area contributed by atoms with Crippen LogP contribution in [0.15, 0.2) is 11.6 Å². The SMILES string of the molecule is C[C@@H](C1CCC2(C)C3CC=C4C(CCC(O[C@@H]5O[C@H](CO)[C@@H](O)[C@@H](O)[C@H]5O)C4(C)C)C3(C)CCC12C)[C@H](O)[C@@H](O)[C@@H](O)C(C)(C)O. The van der Waals surface area contributed by atoms with Crippen LogP contribution in [0.25, 0.3) is 0 Å². The van der Waals surface area contributed by atoms with E-state index in [1.165, 1.54) is 19.4 Å². The van der Waals surface area contributed by atoms with Crippen LogP contribution < -0.4 is 0 Å². The molecule has 8 N–H and O–H groups in total. The second kappa shape index (κ2) is 12.3. The van der Waals surface area contributed by atoms with Crippen LogP contribution in [0.1, 0.15) is 100 Å². The topological polar surface area (TPSA) is 180 Å². The van der Waals surface area contributed by atoms with Crippen molar-refractivity contribution < 1.29 is 50.3 Å². The molecular formula is C36H62O10. The number of hydrogen-bond acceptors (Lipinski definition) is 10. The summed E-state index contributed by atoms with van der Waals surface area (Å²) in [6.07, 6.45) is -1.84. The van der Waals surface area contributed by atoms with Gasteiger partial charge >= 0.3 is 0 Å². The number of fused-ring (bicyclic) bond motifs is 5. The zero-order valence-electron chi connectivity index (χ0n) is 29.1. The molecule has 5 rings (SSSR count). The third-order valence-corrected chi connectivity index (χ3v) is 14.6. The van der Waals surface area contributed by atoms with Crippen LogP contribution in [-0.2, 0) is 9.47 Å². The highest BCUT2D eigenvalue weighted by molar-refractivity contribution is 5.30. The van der Waals surface area contributed by atoms with Crippen LogP contribution in [0.4, 0.5) is 0 Å². The van der Waals surface area contributed by atoms with Crippen molar-refractivity contribution in [1.82, 2.24) is 0 Å². The van der Waals surface area contributed by atoms with Gasteiger partial charge in [0.2, 0.25) is 0 Å². The summed E-state index contributed by atoms with van der Waals surface area (Å²) in [6, 6.07) is 0. The first-order valence-electron chi connectivity index (χ1n) is 17.6. The molecule has 4 aliphatic carbocycles. The summed E-state index contributed by atoms with van der Waals surface area (Å²) in [6.45, 7) is 16.0. The normalized spacial score (nSPS) is 48.3. The van der Waals surface area contributed by atoms with Crippen molar-refractivity contribution in [2.45, 2.75) is 161 Å². The highest BCUT2D eigenvalue weighted by Crippen LogP contribution is 2.75. The van der Waals surface area contributed by atoms with Crippen LogP contribution in [0.5, 0.6) is 0 Å². The molecule has 0 spiro atoms. The molecule has 0 amide bonds. The van der Waals surface area contributed by atoms with Crippen LogP contribution in [0.2, 0.25) is 0 Å². The quantitative estimate of drug-likeness (QED) is 0.181. The maximum absolute atomic E-state index is 11.3. The number of hydrogen-bond donors (Lipinski definition) is 8. The van der Waals surface area contributed by atoms with Gasteiger partial charge < -0.3 is 50.3 Å². The Morgan fingerprint density at radius 1 is 0.891 bits per heavy atom. The van der Waals surface area contributed by atoms with Gasteiger partial charge in [0.25, 0.3) is 0 Å². The molecule has 0 bridgehead atoms. The second-order valence-corrected chi connectivity index (χ2v) is 17.5. The van der Waals surface area contributed by atoms with Gasteiger partial charge in [-0.1, -0.05) is 53.2 Å². The summed E-state index contributed by atoms with van der Waals surface area (Å²) in [5.41, 5.74) is -0.542. The molecule has 5 aliphatic rings. The Bertz CT molecular complexity index is 1130. The molecule has 16 atom stereocenters. The summed E-state index contributed by atoms with van der Waals surface area (Å²) < 4.78 is 12.1. The zero-order chi connectivity index (χ0) is 34.4. The lowest BCUT2D eigenvalue weighted by Gasteiger charge is -2.66. The Kier molecular flexibility index (Phi) is 9.78. The van der Waals surface area contributed by atoms with E-state index in [0.29, 0.717) is 11.8 Å². The molecule has 46 heavy (non-hydrogen) atoms. The van der Waals surface area contributed by atoms with Gasteiger partial charge in [0.05, 0.1) is 24.4 Å². The lowest BCUT2D eigenvalue weighted by molar-refractivity contribution is -0.320. The molecule has 1 aliphatic heterocycles. The minimum Gasteiger partial charge on any atom is -0.394 e. The van der Waals surface area contributed by atoms with E-state index in [1.54, 1.807) is 0 Å². The third kappa shape index (κ3) is 5.46. The van der Waals surface area contributed by atoms with E-state index in [9.17, 15) is 40.9 Å². The molecule has 10 nitrogen and oxygen atoms in total. The largest absolute Gasteiger partial charge is 0.394 e. The molecule has 1 saturated heterocycles. The number of aliphatic hydroxyl groups is 8. The Morgan fingerprint density at radius 2 is 1.54 bits per heavy atom. The molecular weight excluding hydrogens is 592 g/mol. The predicted molar refractivity (Wildman–Crippen MR) is 171 cm³/mol. The van der Waals surface area contributed by atoms with Crippen LogP contribution in [0.3, 0.4) is 0 Å². The molecule has 10 heteroatoms. The second-order valence-electron chi connectivity index (χ2n) is 17.5. The number of allylic oxidation sites excluding steroid dienone is 1. The molecule has 0 radical (unpaired) electrons. The Morgan fingerprint density at radius 3 is 2.15 bits per heavy atom. The number of rotatable bonds is 8. The van der Waals surface area contributed by atoms with E-state index >= 15 is 0 Å². The van der Waals surface area contributed by atoms with E-state index in [2.05, 4.69) is 40.7 Å². The van der Waals surface area contributed by atoms with E-state index in [4.69, 9.17) is 9.47 Å². The van der Waals surface area contributed by atoms with Crippen molar-refractivity contribution >= 4 is 0 Å². The van der Waals surface area contributed by atoms with Gasteiger partial charge in [-0.15, -0.1) is 0 Å². The molecule has 0 aromatic carbocycles. The minimum absolute atomic E-state index is 0.00825. The summed E-state index contributed by atoms with van der Waals surface area (Å²) in [7, 11) is 0. The van der Waals surface area contributed by atoms with E-state index in [-0.39, 0.29) is 39.6 Å². The first-order valence-corrected chi connectivity index (χ1v) is 17.6. The summed E-state index contributed by atoms with van der Waals surface area (Å²) >= 11 is 0. The first-order chi connectivity index (χ1) is 21.2. The van der Waals surface area contributed by atoms with Gasteiger partial charge in [0.1, 0.15) is 36.6 Å². The fraction of sp³-hybridized carbons (Fsp3) is 0.944. The fourth-order valence-corrected chi connectivity index (χ4v) is 11.3. The monoisotopic (exact) mass is 654 g/mol. The standard InChI is InChI=1S/C36H62O10/c1-18(25(38)28(41)30(43)33(4,5)44)19-13-14-36(8)23-11-9-20-21(34(23,6)15-16-35(19,36)7)10-12-24(32(20,2)3)46-31-29(42)27(40)26(39)22(17-37)45-31/h9,18-19,21-31,37-44H,10-17H2,1-8H3/t18-,19?,21?,22+,23?,24?,25-,26+,27+,28+,29+,30+,31-,34?,35?,36?/m0/s1. The summed E-state index contributed by atoms with van der Waals surface area (Å²) in [4.78, 5) is 0. The van der Waals surface area contributed by atoms with E-state index < -0.39 is 61.2 Å². The first kappa shape index (κ1) is 36.6. The van der Waals surface area contributed by atoms with Gasteiger partial charge in [-0.2, -0.15) is 0 Å². The molecule has 3 saturated carbocycles. The Labute approximate surface area is 274 Å². The number of ether oxygens (including phenoxy) is 2. The zero-order valence-corrected chi connectivity index (χ0v) is 29.1.